The van der Waals surface area contributed by atoms with Crippen molar-refractivity contribution < 1.29 is 4.39 Å². The standard InChI is InChI=1S/C15H13FN8/c16-12-3-1-2-11(8-12)14-21-22-15-13(19-5-7-24(14)15)18-4-6-23-10-17-9-20-23/h1-3,5,7-10H,4,6H2,(H,18,19). The van der Waals surface area contributed by atoms with Gasteiger partial charge in [-0.3, -0.25) is 9.08 Å². The van der Waals surface area contributed by atoms with Crippen LogP contribution in [0.5, 0.6) is 0 Å². The molecule has 0 saturated heterocycles. The number of anilines is 1. The van der Waals surface area contributed by atoms with Crippen LogP contribution >= 0.6 is 0 Å². The zero-order chi connectivity index (χ0) is 16.4. The van der Waals surface area contributed by atoms with Crippen LogP contribution in [0, 0.1) is 5.82 Å². The van der Waals surface area contributed by atoms with E-state index in [4.69, 9.17) is 0 Å². The van der Waals surface area contributed by atoms with Crippen molar-refractivity contribution in [1.29, 1.82) is 0 Å². The lowest BCUT2D eigenvalue weighted by Gasteiger charge is -2.06. The number of hydrogen-bond donors (Lipinski definition) is 1. The molecule has 0 aliphatic heterocycles. The predicted octanol–water partition coefficient (Wildman–Crippen LogP) is 1.63. The maximum atomic E-state index is 13.4. The Balaban J connectivity index is 1.61. The second-order valence-electron chi connectivity index (χ2n) is 5.09. The van der Waals surface area contributed by atoms with E-state index in [1.54, 1.807) is 39.9 Å². The first-order chi connectivity index (χ1) is 11.8. The van der Waals surface area contributed by atoms with E-state index >= 15 is 0 Å². The molecular formula is C15H13FN8. The Morgan fingerprint density at radius 2 is 2.17 bits per heavy atom. The Morgan fingerprint density at radius 1 is 1.21 bits per heavy atom. The molecule has 4 aromatic rings. The van der Waals surface area contributed by atoms with Crippen LogP contribution in [0.25, 0.3) is 17.0 Å². The molecule has 8 nitrogen and oxygen atoms in total. The number of halogens is 1. The number of aromatic nitrogens is 7. The fourth-order valence-corrected chi connectivity index (χ4v) is 2.41. The second-order valence-corrected chi connectivity index (χ2v) is 5.09. The quantitative estimate of drug-likeness (QED) is 0.600. The zero-order valence-corrected chi connectivity index (χ0v) is 12.5. The maximum Gasteiger partial charge on any atom is 0.203 e. The van der Waals surface area contributed by atoms with Crippen LogP contribution in [-0.4, -0.2) is 40.9 Å². The third kappa shape index (κ3) is 2.67. The van der Waals surface area contributed by atoms with Crippen LogP contribution in [0.3, 0.4) is 0 Å². The average molecular weight is 324 g/mol. The van der Waals surface area contributed by atoms with Crippen LogP contribution in [0.1, 0.15) is 0 Å². The van der Waals surface area contributed by atoms with Gasteiger partial charge in [0.05, 0.1) is 6.54 Å². The van der Waals surface area contributed by atoms with Gasteiger partial charge < -0.3 is 5.32 Å². The lowest BCUT2D eigenvalue weighted by Crippen LogP contribution is -2.12. The topological polar surface area (TPSA) is 85.8 Å². The van der Waals surface area contributed by atoms with Gasteiger partial charge in [0.2, 0.25) is 5.65 Å². The summed E-state index contributed by atoms with van der Waals surface area (Å²) in [5.74, 6) is 0.850. The van der Waals surface area contributed by atoms with E-state index in [0.29, 0.717) is 35.9 Å². The summed E-state index contributed by atoms with van der Waals surface area (Å²) in [5.41, 5.74) is 1.23. The van der Waals surface area contributed by atoms with Gasteiger partial charge >= 0.3 is 0 Å². The largest absolute Gasteiger partial charge is 0.365 e. The molecule has 3 heterocycles. The molecule has 0 atom stereocenters. The number of benzene rings is 1. The van der Waals surface area contributed by atoms with Gasteiger partial charge in [0.1, 0.15) is 18.5 Å². The van der Waals surface area contributed by atoms with Crippen LogP contribution in [0.2, 0.25) is 0 Å². The van der Waals surface area contributed by atoms with E-state index in [0.717, 1.165) is 0 Å². The number of nitrogens with zero attached hydrogens (tertiary/aromatic N) is 7. The van der Waals surface area contributed by atoms with E-state index in [1.807, 2.05) is 0 Å². The molecule has 0 fully saturated rings. The number of fused-ring (bicyclic) bond motifs is 1. The summed E-state index contributed by atoms with van der Waals surface area (Å²) in [7, 11) is 0. The average Bonchev–Trinajstić information content (AvgIpc) is 3.24. The fraction of sp³-hybridized carbons (Fsp3) is 0.133. The highest BCUT2D eigenvalue weighted by atomic mass is 19.1. The van der Waals surface area contributed by atoms with Crippen molar-refractivity contribution in [3.8, 4) is 11.4 Å². The Hall–Kier alpha value is -3.36. The minimum atomic E-state index is -0.315. The fourth-order valence-electron chi connectivity index (χ4n) is 2.41. The first-order valence-electron chi connectivity index (χ1n) is 7.33. The highest BCUT2D eigenvalue weighted by Crippen LogP contribution is 2.21. The van der Waals surface area contributed by atoms with Crippen molar-refractivity contribution in [3.63, 3.8) is 0 Å². The third-order valence-electron chi connectivity index (χ3n) is 3.51. The molecule has 1 N–H and O–H groups in total. The van der Waals surface area contributed by atoms with Gasteiger partial charge in [-0.25, -0.2) is 14.4 Å². The lowest BCUT2D eigenvalue weighted by molar-refractivity contribution is 0.628. The normalized spacial score (nSPS) is 11.0. The molecule has 4 rings (SSSR count). The van der Waals surface area contributed by atoms with Crippen molar-refractivity contribution in [2.45, 2.75) is 6.54 Å². The van der Waals surface area contributed by atoms with Crippen LogP contribution in [0.4, 0.5) is 10.2 Å². The summed E-state index contributed by atoms with van der Waals surface area (Å²) >= 11 is 0. The van der Waals surface area contributed by atoms with Crippen molar-refractivity contribution in [3.05, 3.63) is 55.1 Å². The van der Waals surface area contributed by atoms with Crippen molar-refractivity contribution in [2.75, 3.05) is 11.9 Å². The predicted molar refractivity (Wildman–Crippen MR) is 84.7 cm³/mol. The van der Waals surface area contributed by atoms with Crippen molar-refractivity contribution >= 4 is 11.5 Å². The smallest absolute Gasteiger partial charge is 0.203 e. The molecule has 3 aromatic heterocycles. The van der Waals surface area contributed by atoms with E-state index < -0.39 is 0 Å². The first kappa shape index (κ1) is 14.2. The lowest BCUT2D eigenvalue weighted by atomic mass is 10.2. The number of hydrogen-bond acceptors (Lipinski definition) is 6. The maximum absolute atomic E-state index is 13.4. The van der Waals surface area contributed by atoms with Crippen LogP contribution < -0.4 is 5.32 Å². The Labute approximate surface area is 136 Å². The summed E-state index contributed by atoms with van der Waals surface area (Å²) < 4.78 is 16.9. The summed E-state index contributed by atoms with van der Waals surface area (Å²) in [4.78, 5) is 8.19. The Morgan fingerprint density at radius 3 is 3.00 bits per heavy atom. The monoisotopic (exact) mass is 324 g/mol. The number of rotatable bonds is 5. The Kier molecular flexibility index (Phi) is 3.58. The minimum absolute atomic E-state index is 0.315. The highest BCUT2D eigenvalue weighted by molar-refractivity contribution is 5.67. The SMILES string of the molecule is Fc1cccc(-c2nnc3c(NCCn4cncn4)nccn23)c1. The van der Waals surface area contributed by atoms with E-state index in [1.165, 1.54) is 18.5 Å². The summed E-state index contributed by atoms with van der Waals surface area (Å²) in [6.45, 7) is 1.26. The van der Waals surface area contributed by atoms with Gasteiger partial charge in [-0.05, 0) is 12.1 Å². The van der Waals surface area contributed by atoms with Gasteiger partial charge in [0.15, 0.2) is 11.6 Å². The molecule has 0 bridgehead atoms. The molecule has 0 unspecified atom stereocenters. The first-order valence-corrected chi connectivity index (χ1v) is 7.33. The molecule has 0 saturated carbocycles. The molecule has 9 heteroatoms. The minimum Gasteiger partial charge on any atom is -0.365 e. The van der Waals surface area contributed by atoms with Gasteiger partial charge in [0, 0.05) is 24.5 Å². The van der Waals surface area contributed by atoms with Crippen LogP contribution in [0.15, 0.2) is 49.3 Å². The Bertz CT molecular complexity index is 963. The molecule has 0 amide bonds. The molecular weight excluding hydrogens is 311 g/mol. The van der Waals surface area contributed by atoms with Gasteiger partial charge in [-0.15, -0.1) is 10.2 Å². The van der Waals surface area contributed by atoms with E-state index in [9.17, 15) is 4.39 Å². The highest BCUT2D eigenvalue weighted by Gasteiger charge is 2.12. The molecule has 24 heavy (non-hydrogen) atoms. The summed E-state index contributed by atoms with van der Waals surface area (Å²) in [6.07, 6.45) is 6.53. The van der Waals surface area contributed by atoms with Gasteiger partial charge in [-0.1, -0.05) is 12.1 Å². The molecule has 1 aromatic carbocycles. The summed E-state index contributed by atoms with van der Waals surface area (Å²) in [6, 6.07) is 6.25. The molecule has 0 aliphatic rings. The molecule has 0 spiro atoms. The molecule has 0 radical (unpaired) electrons. The van der Waals surface area contributed by atoms with Crippen LogP contribution in [-0.2, 0) is 6.54 Å². The van der Waals surface area contributed by atoms with E-state index in [-0.39, 0.29) is 5.82 Å². The van der Waals surface area contributed by atoms with Gasteiger partial charge in [-0.2, -0.15) is 5.10 Å². The van der Waals surface area contributed by atoms with Gasteiger partial charge in [0.25, 0.3) is 0 Å². The zero-order valence-electron chi connectivity index (χ0n) is 12.5. The molecule has 0 aliphatic carbocycles. The third-order valence-corrected chi connectivity index (χ3v) is 3.51. The summed E-state index contributed by atoms with van der Waals surface area (Å²) in [5, 5.41) is 15.6. The van der Waals surface area contributed by atoms with Crippen molar-refractivity contribution in [2.24, 2.45) is 0 Å². The van der Waals surface area contributed by atoms with E-state index in [2.05, 4.69) is 30.6 Å². The van der Waals surface area contributed by atoms with Crippen molar-refractivity contribution in [1.82, 2.24) is 34.3 Å². The number of nitrogens with one attached hydrogen (secondary N) is 1. The molecule has 120 valence electrons. The second kappa shape index (κ2) is 6.03.